The van der Waals surface area contributed by atoms with E-state index in [1.54, 1.807) is 0 Å². The molecule has 0 unspecified atom stereocenters. The van der Waals surface area contributed by atoms with Crippen molar-refractivity contribution in [2.24, 2.45) is 5.90 Å². The van der Waals surface area contributed by atoms with E-state index in [9.17, 15) is 4.39 Å². The van der Waals surface area contributed by atoms with E-state index in [0.717, 1.165) is 0 Å². The summed E-state index contributed by atoms with van der Waals surface area (Å²) in [5.41, 5.74) is 0.665. The van der Waals surface area contributed by atoms with E-state index >= 15 is 0 Å². The molecule has 90 valence electrons. The number of benzene rings is 1. The molecule has 0 saturated carbocycles. The van der Waals surface area contributed by atoms with Gasteiger partial charge in [0, 0.05) is 12.0 Å². The van der Waals surface area contributed by atoms with Gasteiger partial charge >= 0.3 is 0 Å². The molecule has 0 atom stereocenters. The first kappa shape index (κ1) is 13.2. The van der Waals surface area contributed by atoms with E-state index < -0.39 is 5.82 Å². The monoisotopic (exact) mass is 293 g/mol. The van der Waals surface area contributed by atoms with Crippen molar-refractivity contribution in [3.05, 3.63) is 21.9 Å². The summed E-state index contributed by atoms with van der Waals surface area (Å²) >= 11 is 3.23. The van der Waals surface area contributed by atoms with E-state index in [4.69, 9.17) is 15.4 Å². The summed E-state index contributed by atoms with van der Waals surface area (Å²) in [6.45, 7) is 0.286. The van der Waals surface area contributed by atoms with E-state index in [1.807, 2.05) is 0 Å². The zero-order valence-electron chi connectivity index (χ0n) is 9.05. The minimum atomic E-state index is -0.456. The third kappa shape index (κ3) is 2.63. The van der Waals surface area contributed by atoms with Gasteiger partial charge < -0.3 is 14.3 Å². The summed E-state index contributed by atoms with van der Waals surface area (Å²) < 4.78 is 24.1. The minimum absolute atomic E-state index is 0.120. The Hall–Kier alpha value is -0.850. The Kier molecular flexibility index (Phi) is 4.98. The van der Waals surface area contributed by atoms with Crippen LogP contribution in [0.3, 0.4) is 0 Å². The fourth-order valence-corrected chi connectivity index (χ4v) is 2.16. The topological polar surface area (TPSA) is 53.7 Å². The number of nitrogens with two attached hydrogens (primary N) is 1. The lowest BCUT2D eigenvalue weighted by atomic mass is 10.1. The lowest BCUT2D eigenvalue weighted by Gasteiger charge is -2.13. The highest BCUT2D eigenvalue weighted by molar-refractivity contribution is 9.10. The highest BCUT2D eigenvalue weighted by Gasteiger charge is 2.17. The van der Waals surface area contributed by atoms with Gasteiger partial charge in [0.1, 0.15) is 10.2 Å². The lowest BCUT2D eigenvalue weighted by molar-refractivity contribution is 0.140. The van der Waals surface area contributed by atoms with Crippen molar-refractivity contribution in [1.29, 1.82) is 0 Å². The minimum Gasteiger partial charge on any atom is -0.495 e. The molecule has 1 aromatic rings. The molecular weight excluding hydrogens is 281 g/mol. The summed E-state index contributed by atoms with van der Waals surface area (Å²) in [7, 11) is 2.90. The first-order valence-electron chi connectivity index (χ1n) is 4.56. The highest BCUT2D eigenvalue weighted by Crippen LogP contribution is 2.39. The standard InChI is InChI=1S/C10H13BrFNO3/c1-14-9-6(3-4-16-13)5-7(12)10(15-2)8(9)11/h5H,3-4,13H2,1-2H3. The van der Waals surface area contributed by atoms with Crippen LogP contribution in [0, 0.1) is 5.82 Å². The van der Waals surface area contributed by atoms with E-state index in [2.05, 4.69) is 20.8 Å². The van der Waals surface area contributed by atoms with Gasteiger partial charge in [0.25, 0.3) is 0 Å². The first-order valence-corrected chi connectivity index (χ1v) is 5.35. The number of hydrogen-bond acceptors (Lipinski definition) is 4. The van der Waals surface area contributed by atoms with Crippen molar-refractivity contribution >= 4 is 15.9 Å². The summed E-state index contributed by atoms with van der Waals surface area (Å²) in [5, 5.41) is 0. The molecule has 0 radical (unpaired) electrons. The largest absolute Gasteiger partial charge is 0.495 e. The van der Waals surface area contributed by atoms with Crippen LogP contribution < -0.4 is 15.4 Å². The molecular formula is C10H13BrFNO3. The van der Waals surface area contributed by atoms with Crippen LogP contribution in [0.1, 0.15) is 5.56 Å². The van der Waals surface area contributed by atoms with Crippen molar-refractivity contribution in [3.8, 4) is 11.5 Å². The average molecular weight is 294 g/mol. The van der Waals surface area contributed by atoms with Gasteiger partial charge in [-0.1, -0.05) is 0 Å². The van der Waals surface area contributed by atoms with E-state index in [1.165, 1.54) is 20.3 Å². The summed E-state index contributed by atoms with van der Waals surface area (Å²) in [4.78, 5) is 4.46. The molecule has 6 heteroatoms. The molecule has 0 aliphatic carbocycles. The van der Waals surface area contributed by atoms with Crippen LogP contribution in [0.4, 0.5) is 4.39 Å². The zero-order valence-corrected chi connectivity index (χ0v) is 10.6. The summed E-state index contributed by atoms with van der Waals surface area (Å²) in [5.74, 6) is 5.12. The molecule has 4 nitrogen and oxygen atoms in total. The predicted octanol–water partition coefficient (Wildman–Crippen LogP) is 2.04. The second-order valence-electron chi connectivity index (χ2n) is 3.02. The number of hydrogen-bond donors (Lipinski definition) is 1. The van der Waals surface area contributed by atoms with Gasteiger partial charge in [-0.3, -0.25) is 0 Å². The molecule has 1 rings (SSSR count). The predicted molar refractivity (Wildman–Crippen MR) is 61.0 cm³/mol. The Bertz CT molecular complexity index is 374. The number of halogens is 2. The Morgan fingerprint density at radius 1 is 1.31 bits per heavy atom. The summed E-state index contributed by atoms with van der Waals surface area (Å²) in [6.07, 6.45) is 0.458. The van der Waals surface area contributed by atoms with Crippen molar-refractivity contribution in [3.63, 3.8) is 0 Å². The molecule has 2 N–H and O–H groups in total. The Labute approximate surface area is 102 Å². The van der Waals surface area contributed by atoms with E-state index in [0.29, 0.717) is 22.2 Å². The molecule has 0 heterocycles. The van der Waals surface area contributed by atoms with Crippen LogP contribution >= 0.6 is 15.9 Å². The maximum Gasteiger partial charge on any atom is 0.172 e. The van der Waals surface area contributed by atoms with Crippen molar-refractivity contribution in [2.45, 2.75) is 6.42 Å². The molecule has 0 saturated heterocycles. The van der Waals surface area contributed by atoms with Crippen LogP contribution in [-0.4, -0.2) is 20.8 Å². The van der Waals surface area contributed by atoms with Crippen LogP contribution in [0.5, 0.6) is 11.5 Å². The van der Waals surface area contributed by atoms with Gasteiger partial charge in [-0.2, -0.15) is 0 Å². The Morgan fingerprint density at radius 3 is 2.44 bits per heavy atom. The van der Waals surface area contributed by atoms with E-state index in [-0.39, 0.29) is 12.4 Å². The Morgan fingerprint density at radius 2 is 1.94 bits per heavy atom. The number of rotatable bonds is 5. The van der Waals surface area contributed by atoms with Crippen LogP contribution in [-0.2, 0) is 11.3 Å². The van der Waals surface area contributed by atoms with Gasteiger partial charge in [-0.25, -0.2) is 10.3 Å². The van der Waals surface area contributed by atoms with Crippen LogP contribution in [0.2, 0.25) is 0 Å². The third-order valence-electron chi connectivity index (χ3n) is 2.11. The molecule has 0 bridgehead atoms. The highest BCUT2D eigenvalue weighted by atomic mass is 79.9. The fraction of sp³-hybridized carbons (Fsp3) is 0.400. The lowest BCUT2D eigenvalue weighted by Crippen LogP contribution is -2.06. The molecule has 1 aromatic carbocycles. The second kappa shape index (κ2) is 6.03. The SMILES string of the molecule is COc1c(F)cc(CCON)c(OC)c1Br. The Balaban J connectivity index is 3.18. The van der Waals surface area contributed by atoms with Gasteiger partial charge in [-0.15, -0.1) is 0 Å². The van der Waals surface area contributed by atoms with Gasteiger partial charge in [-0.05, 0) is 22.0 Å². The van der Waals surface area contributed by atoms with Crippen molar-refractivity contribution < 1.29 is 18.7 Å². The molecule has 0 aromatic heterocycles. The van der Waals surface area contributed by atoms with Gasteiger partial charge in [0.15, 0.2) is 11.6 Å². The van der Waals surface area contributed by atoms with Gasteiger partial charge in [0.05, 0.1) is 20.8 Å². The normalized spacial score (nSPS) is 10.3. The van der Waals surface area contributed by atoms with Crippen molar-refractivity contribution in [1.82, 2.24) is 0 Å². The maximum absolute atomic E-state index is 13.6. The third-order valence-corrected chi connectivity index (χ3v) is 2.83. The molecule has 0 spiro atoms. The van der Waals surface area contributed by atoms with Crippen LogP contribution in [0.15, 0.2) is 10.5 Å². The maximum atomic E-state index is 13.6. The van der Waals surface area contributed by atoms with Crippen molar-refractivity contribution in [2.75, 3.05) is 20.8 Å². The zero-order chi connectivity index (χ0) is 12.1. The quantitative estimate of drug-likeness (QED) is 0.844. The second-order valence-corrected chi connectivity index (χ2v) is 3.81. The number of ether oxygens (including phenoxy) is 2. The first-order chi connectivity index (χ1) is 7.65. The van der Waals surface area contributed by atoms with Crippen LogP contribution in [0.25, 0.3) is 0 Å². The number of methoxy groups -OCH3 is 2. The smallest absolute Gasteiger partial charge is 0.172 e. The molecule has 0 aliphatic rings. The summed E-state index contributed by atoms with van der Waals surface area (Å²) in [6, 6.07) is 1.35. The fourth-order valence-electron chi connectivity index (χ4n) is 1.40. The molecule has 0 fully saturated rings. The molecule has 0 amide bonds. The average Bonchev–Trinajstić information content (AvgIpc) is 2.26. The molecule has 16 heavy (non-hydrogen) atoms. The molecule has 0 aliphatic heterocycles. The van der Waals surface area contributed by atoms with Gasteiger partial charge in [0.2, 0.25) is 0 Å².